The third kappa shape index (κ3) is 7.89. The maximum atomic E-state index is 13.7. The quantitative estimate of drug-likeness (QED) is 0.134. The van der Waals surface area contributed by atoms with E-state index >= 15 is 0 Å². The van der Waals surface area contributed by atoms with Crippen LogP contribution in [0.3, 0.4) is 0 Å². The summed E-state index contributed by atoms with van der Waals surface area (Å²) in [4.78, 5) is 25.1. The molecule has 0 radical (unpaired) electrons. The number of benzene rings is 3. The van der Waals surface area contributed by atoms with Crippen molar-refractivity contribution in [2.45, 2.75) is 26.5 Å². The second kappa shape index (κ2) is 14.0. The second-order valence-corrected chi connectivity index (χ2v) is 9.27. The first-order valence-corrected chi connectivity index (χ1v) is 13.2. The van der Waals surface area contributed by atoms with Crippen LogP contribution in [0.2, 0.25) is 0 Å². The van der Waals surface area contributed by atoms with E-state index in [0.29, 0.717) is 39.0 Å². The van der Waals surface area contributed by atoms with Crippen molar-refractivity contribution in [1.29, 1.82) is 0 Å². The predicted octanol–water partition coefficient (Wildman–Crippen LogP) is 4.29. The van der Waals surface area contributed by atoms with E-state index in [2.05, 4.69) is 21.2 Å². The summed E-state index contributed by atoms with van der Waals surface area (Å²) >= 11 is 5.30. The van der Waals surface area contributed by atoms with E-state index < -0.39 is 17.9 Å². The number of hydrogen-bond donors (Lipinski definition) is 3. The summed E-state index contributed by atoms with van der Waals surface area (Å²) in [6, 6.07) is 19.8. The first-order valence-electron chi connectivity index (χ1n) is 12.8. The fourth-order valence-corrected chi connectivity index (χ4v) is 4.31. The van der Waals surface area contributed by atoms with Crippen LogP contribution in [0.15, 0.2) is 89.2 Å². The number of hydrogen-bond acceptors (Lipinski definition) is 7. The molecule has 0 bridgehead atoms. The third-order valence-corrected chi connectivity index (χ3v) is 6.21. The molecule has 0 saturated carbocycles. The molecule has 0 unspecified atom stereocenters. The van der Waals surface area contributed by atoms with Gasteiger partial charge in [-0.3, -0.25) is 4.79 Å². The van der Waals surface area contributed by atoms with Crippen molar-refractivity contribution in [3.05, 3.63) is 107 Å². The molecule has 0 aromatic heterocycles. The van der Waals surface area contributed by atoms with Gasteiger partial charge in [0.25, 0.3) is 5.91 Å². The van der Waals surface area contributed by atoms with Crippen LogP contribution in [0, 0.1) is 5.82 Å². The molecule has 3 aromatic carbocycles. The second-order valence-electron chi connectivity index (χ2n) is 8.86. The molecule has 0 aliphatic carbocycles. The Kier molecular flexibility index (Phi) is 10.0. The Morgan fingerprint density at radius 3 is 2.54 bits per heavy atom. The molecular weight excluding hydrogens is 547 g/mol. The summed E-state index contributed by atoms with van der Waals surface area (Å²) in [5.41, 5.74) is 5.17. The van der Waals surface area contributed by atoms with Crippen LogP contribution >= 0.6 is 12.2 Å². The highest BCUT2D eigenvalue weighted by Crippen LogP contribution is 2.33. The number of carbonyl (C=O) groups is 2. The number of ether oxygens (including phenoxy) is 3. The number of rotatable bonds is 11. The Bertz CT molecular complexity index is 1480. The highest BCUT2D eigenvalue weighted by molar-refractivity contribution is 7.80. The monoisotopic (exact) mass is 576 g/mol. The van der Waals surface area contributed by atoms with Gasteiger partial charge in [0.05, 0.1) is 24.4 Å². The topological polar surface area (TPSA) is 110 Å². The number of para-hydroxylation sites is 1. The van der Waals surface area contributed by atoms with Gasteiger partial charge in [0.1, 0.15) is 23.9 Å². The van der Waals surface area contributed by atoms with E-state index in [-0.39, 0.29) is 25.6 Å². The van der Waals surface area contributed by atoms with Crippen LogP contribution in [-0.4, -0.2) is 36.4 Å². The molecular formula is C30H29FN4O5S. The molecule has 1 heterocycles. The Morgan fingerprint density at radius 1 is 1.05 bits per heavy atom. The zero-order valence-electron chi connectivity index (χ0n) is 22.5. The zero-order chi connectivity index (χ0) is 29.2. The summed E-state index contributed by atoms with van der Waals surface area (Å²) in [5, 5.41) is 10.4. The number of amides is 1. The Labute approximate surface area is 242 Å². The number of halogens is 1. The van der Waals surface area contributed by atoms with Gasteiger partial charge in [0.2, 0.25) is 0 Å². The number of nitrogens with zero attached hydrogens (tertiary/aromatic N) is 1. The van der Waals surface area contributed by atoms with Crippen molar-refractivity contribution in [3.8, 4) is 11.5 Å². The standard InChI is InChI=1S/C30H29FN4O5S/c1-3-38-29(37)27-19(2)33-30(41)34-28(27)23-9-5-7-11-25(23)40-18-26(36)35-32-16-20-12-14-22(15-13-20)39-17-21-8-4-6-10-24(21)31/h4-16,28H,3,17-18H2,1-2H3,(H,35,36)(H2,33,34,41)/t28-/m1/s1. The van der Waals surface area contributed by atoms with Gasteiger partial charge < -0.3 is 24.8 Å². The average molecular weight is 577 g/mol. The fourth-order valence-electron chi connectivity index (χ4n) is 4.04. The number of carbonyl (C=O) groups excluding carboxylic acids is 2. The predicted molar refractivity (Wildman–Crippen MR) is 156 cm³/mol. The molecule has 11 heteroatoms. The fraction of sp³-hybridized carbons (Fsp3) is 0.200. The molecule has 1 atom stereocenters. The summed E-state index contributed by atoms with van der Waals surface area (Å²) in [6.07, 6.45) is 1.48. The molecule has 0 fully saturated rings. The maximum Gasteiger partial charge on any atom is 0.338 e. The summed E-state index contributed by atoms with van der Waals surface area (Å²) < 4.78 is 30.4. The van der Waals surface area contributed by atoms with Gasteiger partial charge in [-0.15, -0.1) is 0 Å². The maximum absolute atomic E-state index is 13.7. The Balaban J connectivity index is 1.33. The molecule has 1 amide bonds. The molecule has 1 aliphatic heterocycles. The van der Waals surface area contributed by atoms with E-state index in [0.717, 1.165) is 5.56 Å². The highest BCUT2D eigenvalue weighted by atomic mass is 32.1. The van der Waals surface area contributed by atoms with Gasteiger partial charge >= 0.3 is 5.97 Å². The van der Waals surface area contributed by atoms with Crippen molar-refractivity contribution in [1.82, 2.24) is 16.1 Å². The van der Waals surface area contributed by atoms with Gasteiger partial charge in [0, 0.05) is 16.8 Å². The van der Waals surface area contributed by atoms with Crippen molar-refractivity contribution < 1.29 is 28.2 Å². The van der Waals surface area contributed by atoms with Crippen molar-refractivity contribution in [2.24, 2.45) is 5.10 Å². The lowest BCUT2D eigenvalue weighted by molar-refractivity contribution is -0.139. The van der Waals surface area contributed by atoms with Crippen LogP contribution in [-0.2, 0) is 20.9 Å². The van der Waals surface area contributed by atoms with Crippen LogP contribution in [0.1, 0.15) is 36.6 Å². The zero-order valence-corrected chi connectivity index (χ0v) is 23.3. The van der Waals surface area contributed by atoms with Gasteiger partial charge in [-0.25, -0.2) is 14.6 Å². The van der Waals surface area contributed by atoms with E-state index in [1.54, 1.807) is 80.6 Å². The van der Waals surface area contributed by atoms with Crippen molar-refractivity contribution >= 4 is 35.4 Å². The largest absolute Gasteiger partial charge is 0.489 e. The van der Waals surface area contributed by atoms with Crippen LogP contribution in [0.4, 0.5) is 4.39 Å². The van der Waals surface area contributed by atoms with Crippen molar-refractivity contribution in [2.75, 3.05) is 13.2 Å². The molecule has 1 aliphatic rings. The molecule has 9 nitrogen and oxygen atoms in total. The Hall–Kier alpha value is -4.77. The average Bonchev–Trinajstić information content (AvgIpc) is 2.96. The lowest BCUT2D eigenvalue weighted by Gasteiger charge is -2.30. The van der Waals surface area contributed by atoms with Crippen molar-refractivity contribution in [3.63, 3.8) is 0 Å². The molecule has 4 rings (SSSR count). The molecule has 0 saturated heterocycles. The number of hydrazone groups is 1. The number of esters is 1. The molecule has 3 N–H and O–H groups in total. The first-order chi connectivity index (χ1) is 19.9. The van der Waals surface area contributed by atoms with Gasteiger partial charge in [-0.2, -0.15) is 5.10 Å². The molecule has 212 valence electrons. The Morgan fingerprint density at radius 2 is 1.78 bits per heavy atom. The lowest BCUT2D eigenvalue weighted by Crippen LogP contribution is -2.45. The minimum Gasteiger partial charge on any atom is -0.489 e. The van der Waals surface area contributed by atoms with E-state index in [9.17, 15) is 14.0 Å². The van der Waals surface area contributed by atoms with Gasteiger partial charge in [-0.05, 0) is 68.0 Å². The minimum absolute atomic E-state index is 0.111. The summed E-state index contributed by atoms with van der Waals surface area (Å²) in [6.45, 7) is 3.49. The third-order valence-electron chi connectivity index (χ3n) is 5.99. The highest BCUT2D eigenvalue weighted by Gasteiger charge is 2.32. The normalized spacial score (nSPS) is 14.7. The number of allylic oxidation sites excluding steroid dienone is 1. The molecule has 0 spiro atoms. The summed E-state index contributed by atoms with van der Waals surface area (Å²) in [5.74, 6) is -0.313. The molecule has 41 heavy (non-hydrogen) atoms. The van der Waals surface area contributed by atoms with Crippen LogP contribution < -0.4 is 25.5 Å². The van der Waals surface area contributed by atoms with Gasteiger partial charge in [0.15, 0.2) is 11.7 Å². The van der Waals surface area contributed by atoms with Gasteiger partial charge in [-0.1, -0.05) is 36.4 Å². The number of thiocarbonyl (C=S) groups is 1. The van der Waals surface area contributed by atoms with E-state index in [1.165, 1.54) is 12.3 Å². The first kappa shape index (κ1) is 29.2. The molecule has 3 aromatic rings. The van der Waals surface area contributed by atoms with E-state index in [1.807, 2.05) is 0 Å². The lowest BCUT2D eigenvalue weighted by atomic mass is 9.95. The number of nitrogens with one attached hydrogen (secondary N) is 3. The van der Waals surface area contributed by atoms with Crippen LogP contribution in [0.25, 0.3) is 0 Å². The summed E-state index contributed by atoms with van der Waals surface area (Å²) in [7, 11) is 0. The smallest absolute Gasteiger partial charge is 0.338 e. The minimum atomic E-state index is -0.626. The SMILES string of the molecule is CCOC(=O)C1=C(C)NC(=S)N[C@@H]1c1ccccc1OCC(=O)NN=Cc1ccc(OCc2ccccc2F)cc1. The van der Waals surface area contributed by atoms with Crippen LogP contribution in [0.5, 0.6) is 11.5 Å². The van der Waals surface area contributed by atoms with E-state index in [4.69, 9.17) is 26.4 Å².